The molecule has 11 aromatic carbocycles. The molecule has 1 heterocycles. The second kappa shape index (κ2) is 14.6. The van der Waals surface area contributed by atoms with Crippen molar-refractivity contribution in [3.63, 3.8) is 0 Å². The van der Waals surface area contributed by atoms with Crippen molar-refractivity contribution in [1.29, 1.82) is 0 Å². The van der Waals surface area contributed by atoms with Crippen LogP contribution < -0.4 is 9.80 Å². The maximum atomic E-state index is 2.58. The summed E-state index contributed by atoms with van der Waals surface area (Å²) in [6.45, 7) is 4.81. The van der Waals surface area contributed by atoms with Gasteiger partial charge in [0.2, 0.25) is 0 Å². The molecule has 1 aliphatic heterocycles. The predicted octanol–water partition coefficient (Wildman–Crippen LogP) is 17.2. The third-order valence-electron chi connectivity index (χ3n) is 13.4. The number of rotatable bonds is 6. The first kappa shape index (κ1) is 36.9. The fourth-order valence-electron chi connectivity index (χ4n) is 10.5. The van der Waals surface area contributed by atoms with Gasteiger partial charge in [-0.15, -0.1) is 0 Å². The zero-order valence-electron chi connectivity index (χ0n) is 35.3. The summed E-state index contributed by atoms with van der Waals surface area (Å²) in [5, 5.41) is 9.75. The highest BCUT2D eigenvalue weighted by Crippen LogP contribution is 2.59. The number of nitrogens with zero attached hydrogens (tertiary/aromatic N) is 2. The lowest BCUT2D eigenvalue weighted by molar-refractivity contribution is 0.634. The van der Waals surface area contributed by atoms with Gasteiger partial charge in [-0.05, 0) is 102 Å². The third kappa shape index (κ3) is 5.86. The summed E-state index contributed by atoms with van der Waals surface area (Å²) in [5.74, 6) is 0. The molecule has 0 unspecified atom stereocenters. The molecule has 63 heavy (non-hydrogen) atoms. The molecule has 0 N–H and O–H groups in total. The normalized spacial score (nSPS) is 13.0. The van der Waals surface area contributed by atoms with E-state index in [1.807, 2.05) is 0 Å². The Morgan fingerprint density at radius 1 is 0.365 bits per heavy atom. The first-order valence-corrected chi connectivity index (χ1v) is 21.9. The van der Waals surface area contributed by atoms with Crippen LogP contribution in [0.2, 0.25) is 0 Å². The lowest BCUT2D eigenvalue weighted by Gasteiger charge is -2.44. The van der Waals surface area contributed by atoms with Crippen LogP contribution >= 0.6 is 0 Å². The molecule has 0 radical (unpaired) electrons. The van der Waals surface area contributed by atoms with Gasteiger partial charge < -0.3 is 9.80 Å². The fraction of sp³-hybridized carbons (Fsp3) is 0.0492. The van der Waals surface area contributed by atoms with Crippen molar-refractivity contribution in [2.75, 3.05) is 9.80 Å². The molecule has 298 valence electrons. The van der Waals surface area contributed by atoms with Crippen molar-refractivity contribution < 1.29 is 0 Å². The molecule has 11 aromatic rings. The Labute approximate surface area is 368 Å². The van der Waals surface area contributed by atoms with E-state index < -0.39 is 0 Å². The highest BCUT2D eigenvalue weighted by atomic mass is 15.2. The van der Waals surface area contributed by atoms with E-state index >= 15 is 0 Å². The quantitative estimate of drug-likeness (QED) is 0.155. The number of hydrogen-bond donors (Lipinski definition) is 0. The lowest BCUT2D eigenvalue weighted by Crippen LogP contribution is -2.32. The first-order valence-electron chi connectivity index (χ1n) is 21.9. The molecule has 0 saturated carbocycles. The summed E-state index contributed by atoms with van der Waals surface area (Å²) in [6.07, 6.45) is 0. The van der Waals surface area contributed by atoms with Gasteiger partial charge in [-0.25, -0.2) is 0 Å². The average Bonchev–Trinajstić information content (AvgIpc) is 3.34. The van der Waals surface area contributed by atoms with E-state index in [1.165, 1.54) is 87.8 Å². The Balaban J connectivity index is 1.19. The maximum Gasteiger partial charge on any atom is 0.0781 e. The summed E-state index contributed by atoms with van der Waals surface area (Å²) in [7, 11) is 0. The minimum absolute atomic E-state index is 0.317. The molecule has 0 fully saturated rings. The number of benzene rings is 11. The van der Waals surface area contributed by atoms with Gasteiger partial charge in [0, 0.05) is 21.9 Å². The van der Waals surface area contributed by atoms with Crippen LogP contribution in [0.25, 0.3) is 65.3 Å². The number of hydrogen-bond acceptors (Lipinski definition) is 2. The zero-order chi connectivity index (χ0) is 42.1. The molecule has 0 aromatic heterocycles. The first-order chi connectivity index (χ1) is 31.0. The molecule has 0 spiro atoms. The Hall–Kier alpha value is -7.94. The van der Waals surface area contributed by atoms with Gasteiger partial charge in [-0.1, -0.05) is 208 Å². The van der Waals surface area contributed by atoms with Crippen LogP contribution in [-0.2, 0) is 5.41 Å². The molecule has 2 heteroatoms. The van der Waals surface area contributed by atoms with Crippen molar-refractivity contribution in [3.8, 4) is 22.3 Å². The van der Waals surface area contributed by atoms with E-state index in [2.05, 4.69) is 254 Å². The molecule has 0 amide bonds. The standard InChI is InChI=1S/C61H44N2/c1-61(2)54-31-14-15-32-55(54)63(56-33-17-30-53(59(56)61)51-29-16-23-43-20-6-9-24-47(43)51)60-49-26-11-7-21-44(49)36-39-57(60)62(46-37-34-42(35-38-46)41-18-4-3-5-19-41)58-40-45-22-8-10-25-48(45)50-27-12-13-28-52(50)58/h3-40H,1-2H3. The van der Waals surface area contributed by atoms with Gasteiger partial charge in [0.15, 0.2) is 0 Å². The second-order valence-electron chi connectivity index (χ2n) is 17.3. The van der Waals surface area contributed by atoms with Gasteiger partial charge in [0.05, 0.1) is 28.4 Å². The zero-order valence-corrected chi connectivity index (χ0v) is 35.3. The van der Waals surface area contributed by atoms with E-state index in [0.717, 1.165) is 22.7 Å². The van der Waals surface area contributed by atoms with Crippen LogP contribution in [0.1, 0.15) is 25.0 Å². The van der Waals surface area contributed by atoms with Crippen molar-refractivity contribution >= 4 is 77.2 Å². The third-order valence-corrected chi connectivity index (χ3v) is 13.4. The molecule has 0 atom stereocenters. The van der Waals surface area contributed by atoms with Crippen molar-refractivity contribution in [2.24, 2.45) is 0 Å². The van der Waals surface area contributed by atoms with Crippen molar-refractivity contribution in [3.05, 3.63) is 242 Å². The van der Waals surface area contributed by atoms with Crippen LogP contribution in [0, 0.1) is 0 Å². The van der Waals surface area contributed by atoms with Gasteiger partial charge >= 0.3 is 0 Å². The fourth-order valence-corrected chi connectivity index (χ4v) is 10.5. The smallest absolute Gasteiger partial charge is 0.0781 e. The summed E-state index contributed by atoms with van der Waals surface area (Å²) in [5.41, 5.74) is 14.0. The SMILES string of the molecule is CC1(C)c2ccccc2N(c2c(N(c3ccc(-c4ccccc4)cc3)c3cc4ccccc4c4ccccc34)ccc3ccccc23)c2cccc(-c3cccc4ccccc34)c21. The lowest BCUT2D eigenvalue weighted by atomic mass is 9.70. The topological polar surface area (TPSA) is 6.48 Å². The minimum atomic E-state index is -0.317. The Morgan fingerprint density at radius 3 is 1.71 bits per heavy atom. The van der Waals surface area contributed by atoms with Crippen LogP contribution in [0.3, 0.4) is 0 Å². The van der Waals surface area contributed by atoms with E-state index in [9.17, 15) is 0 Å². The molecule has 0 bridgehead atoms. The minimum Gasteiger partial charge on any atom is -0.308 e. The van der Waals surface area contributed by atoms with Crippen LogP contribution in [0.15, 0.2) is 231 Å². The largest absolute Gasteiger partial charge is 0.308 e. The van der Waals surface area contributed by atoms with E-state index in [1.54, 1.807) is 0 Å². The number of fused-ring (bicyclic) bond motifs is 7. The van der Waals surface area contributed by atoms with E-state index in [4.69, 9.17) is 0 Å². The Kier molecular flexibility index (Phi) is 8.55. The molecular formula is C61H44N2. The summed E-state index contributed by atoms with van der Waals surface area (Å²) in [4.78, 5) is 5.10. The van der Waals surface area contributed by atoms with Gasteiger partial charge in [-0.2, -0.15) is 0 Å². The number of anilines is 6. The molecule has 1 aliphatic rings. The highest BCUT2D eigenvalue weighted by molar-refractivity contribution is 6.17. The van der Waals surface area contributed by atoms with Crippen molar-refractivity contribution in [2.45, 2.75) is 19.3 Å². The van der Waals surface area contributed by atoms with Gasteiger partial charge in [0.1, 0.15) is 0 Å². The second-order valence-corrected chi connectivity index (χ2v) is 17.3. The molecule has 0 saturated heterocycles. The molecule has 0 aliphatic carbocycles. The summed E-state index contributed by atoms with van der Waals surface area (Å²) >= 11 is 0. The summed E-state index contributed by atoms with van der Waals surface area (Å²) < 4.78 is 0. The maximum absolute atomic E-state index is 2.58. The van der Waals surface area contributed by atoms with E-state index in [-0.39, 0.29) is 5.41 Å². The Bertz CT molecular complexity index is 3540. The van der Waals surface area contributed by atoms with Crippen molar-refractivity contribution in [1.82, 2.24) is 0 Å². The molecular weight excluding hydrogens is 761 g/mol. The monoisotopic (exact) mass is 804 g/mol. The van der Waals surface area contributed by atoms with Gasteiger partial charge in [0.25, 0.3) is 0 Å². The van der Waals surface area contributed by atoms with Crippen LogP contribution in [0.4, 0.5) is 34.1 Å². The van der Waals surface area contributed by atoms with Crippen LogP contribution in [0.5, 0.6) is 0 Å². The van der Waals surface area contributed by atoms with Crippen LogP contribution in [-0.4, -0.2) is 0 Å². The van der Waals surface area contributed by atoms with E-state index in [0.29, 0.717) is 0 Å². The summed E-state index contributed by atoms with van der Waals surface area (Å²) in [6, 6.07) is 84.9. The molecule has 12 rings (SSSR count). The molecule has 2 nitrogen and oxygen atoms in total. The predicted molar refractivity (Wildman–Crippen MR) is 269 cm³/mol. The van der Waals surface area contributed by atoms with Gasteiger partial charge in [-0.3, -0.25) is 0 Å². The number of para-hydroxylation sites is 1. The Morgan fingerprint density at radius 2 is 0.921 bits per heavy atom. The average molecular weight is 805 g/mol. The highest BCUT2D eigenvalue weighted by Gasteiger charge is 2.40.